The van der Waals surface area contributed by atoms with Crippen LogP contribution in [0.4, 0.5) is 0 Å². The number of carboxylic acids is 4. The van der Waals surface area contributed by atoms with E-state index < -0.39 is 50.1 Å². The summed E-state index contributed by atoms with van der Waals surface area (Å²) in [6.45, 7) is -2.54. The van der Waals surface area contributed by atoms with Crippen LogP contribution >= 0.6 is 0 Å². The Balaban J connectivity index is 0. The minimum Gasteiger partial charge on any atom is -0.549 e. The zero-order valence-electron chi connectivity index (χ0n) is 16.7. The summed E-state index contributed by atoms with van der Waals surface area (Å²) in [5.41, 5.74) is 0. The number of likely N-dealkylation sites (N-methyl/N-ethyl adjacent to an activating group) is 1. The van der Waals surface area contributed by atoms with Gasteiger partial charge in [0, 0.05) is 59.9 Å². The molecule has 0 atom stereocenters. The van der Waals surface area contributed by atoms with Gasteiger partial charge in [0.2, 0.25) is 5.91 Å². The van der Waals surface area contributed by atoms with Crippen molar-refractivity contribution in [1.82, 2.24) is 19.6 Å². The van der Waals surface area contributed by atoms with Crippen LogP contribution in [0.5, 0.6) is 0 Å². The molecule has 0 aromatic heterocycles. The van der Waals surface area contributed by atoms with E-state index in [9.17, 15) is 39.3 Å². The van der Waals surface area contributed by atoms with E-state index in [0.717, 1.165) is 9.80 Å². The summed E-state index contributed by atoms with van der Waals surface area (Å²) in [5.74, 6) is -5.97. The number of hydrogen-bond acceptors (Lipinski definition) is 11. The normalized spacial score (nSPS) is 10.7. The summed E-state index contributed by atoms with van der Waals surface area (Å²) in [4.78, 5) is 60.2. The van der Waals surface area contributed by atoms with Crippen LogP contribution in [-0.4, -0.2) is 127 Å². The van der Waals surface area contributed by atoms with Gasteiger partial charge in [-0.25, -0.2) is 0 Å². The molecule has 0 aliphatic rings. The molecule has 0 aliphatic carbocycles. The number of nitrogens with zero attached hydrogens (tertiary/aromatic N) is 4. The molecule has 0 aliphatic heterocycles. The molecule has 171 valence electrons. The number of carboxylic acid groups (broad SMARTS) is 4. The first kappa shape index (κ1) is 30.7. The van der Waals surface area contributed by atoms with Gasteiger partial charge in [0.25, 0.3) is 0 Å². The molecule has 0 unspecified atom stereocenters. The minimum atomic E-state index is -1.48. The second kappa shape index (κ2) is 16.3. The molecule has 30 heavy (non-hydrogen) atoms. The predicted octanol–water partition coefficient (Wildman–Crippen LogP) is -6.69. The van der Waals surface area contributed by atoms with Crippen LogP contribution in [0.3, 0.4) is 0 Å². The summed E-state index contributed by atoms with van der Waals surface area (Å²) in [6, 6.07) is 0. The van der Waals surface area contributed by atoms with Crippen molar-refractivity contribution in [2.24, 2.45) is 0 Å². The van der Waals surface area contributed by atoms with Crippen molar-refractivity contribution >= 4 is 29.8 Å². The molecule has 13 nitrogen and oxygen atoms in total. The van der Waals surface area contributed by atoms with Crippen molar-refractivity contribution in [2.75, 3.05) is 73.0 Å². The molecule has 0 aromatic carbocycles. The average Bonchev–Trinajstić information content (AvgIpc) is 2.54. The fraction of sp³-hybridized carbons (Fsp3) is 0.688. The van der Waals surface area contributed by atoms with E-state index in [0.29, 0.717) is 0 Å². The zero-order valence-corrected chi connectivity index (χ0v) is 19.0. The number of hydrogen-bond donors (Lipinski definition) is 1. The maximum atomic E-state index is 12.0. The van der Waals surface area contributed by atoms with E-state index in [1.54, 1.807) is 0 Å². The molecule has 1 amide bonds. The van der Waals surface area contributed by atoms with Crippen LogP contribution in [0.25, 0.3) is 0 Å². The maximum absolute atomic E-state index is 12.0. The number of carbonyl (C=O) groups is 5. The van der Waals surface area contributed by atoms with Crippen molar-refractivity contribution in [3.63, 3.8) is 0 Å². The van der Waals surface area contributed by atoms with Crippen LogP contribution in [-0.2, 0) is 24.0 Å². The number of rotatable bonds is 16. The first-order chi connectivity index (χ1) is 13.4. The molecular formula is C16H25GdN4O9. The van der Waals surface area contributed by atoms with Gasteiger partial charge in [0.1, 0.15) is 0 Å². The van der Waals surface area contributed by atoms with Gasteiger partial charge in [0.15, 0.2) is 0 Å². The summed E-state index contributed by atoms with van der Waals surface area (Å²) in [7, 11) is 3.04. The topological polar surface area (TPSA) is 188 Å². The third-order valence-electron chi connectivity index (χ3n) is 3.74. The fourth-order valence-electron chi connectivity index (χ4n) is 2.34. The summed E-state index contributed by atoms with van der Waals surface area (Å²) in [6.07, 6.45) is 0. The molecule has 0 aromatic rings. The number of aliphatic carboxylic acids is 4. The summed E-state index contributed by atoms with van der Waals surface area (Å²) >= 11 is 0. The molecule has 1 radical (unpaired) electrons. The van der Waals surface area contributed by atoms with Crippen molar-refractivity contribution in [1.29, 1.82) is 0 Å². The molecule has 1 N–H and O–H groups in total. The van der Waals surface area contributed by atoms with Crippen LogP contribution in [0.15, 0.2) is 0 Å². The first-order valence-corrected chi connectivity index (χ1v) is 8.59. The van der Waals surface area contributed by atoms with Gasteiger partial charge < -0.3 is 39.7 Å². The summed E-state index contributed by atoms with van der Waals surface area (Å²) < 4.78 is 0. The Morgan fingerprint density at radius 2 is 0.967 bits per heavy atom. The zero-order chi connectivity index (χ0) is 22.6. The molecule has 0 spiro atoms. The van der Waals surface area contributed by atoms with Crippen molar-refractivity contribution in [2.45, 2.75) is 0 Å². The maximum Gasteiger partial charge on any atom is 3.00 e. The fourth-order valence-corrected chi connectivity index (χ4v) is 2.34. The van der Waals surface area contributed by atoms with Crippen molar-refractivity contribution in [3.05, 3.63) is 0 Å². The SMILES string of the molecule is CN(C)C(=O)CN(CCN(CC(=O)[O-])CC(=O)[O-])CCN(CC(=O)[O-])CC(=O)O.[Gd+3]. The van der Waals surface area contributed by atoms with E-state index in [1.165, 1.54) is 23.9 Å². The minimum absolute atomic E-state index is 0. The first-order valence-electron chi connectivity index (χ1n) is 8.59. The van der Waals surface area contributed by atoms with E-state index in [1.807, 2.05) is 0 Å². The van der Waals surface area contributed by atoms with E-state index in [2.05, 4.69) is 0 Å². The Kier molecular flexibility index (Phi) is 16.7. The second-order valence-corrected chi connectivity index (χ2v) is 6.50. The molecule has 0 fully saturated rings. The number of carbonyl (C=O) groups excluding carboxylic acids is 4. The standard InChI is InChI=1S/C16H28N4O9.Gd/c1-17(2)12(21)7-18(3-5-19(8-13(22)23)9-14(24)25)4-6-20(10-15(26)27)11-16(28)29;/h3-11H2,1-2H3,(H,22,23)(H,24,25)(H,26,27)(H,28,29);/q;+3/p-3. The van der Waals surface area contributed by atoms with E-state index in [-0.39, 0.29) is 78.6 Å². The van der Waals surface area contributed by atoms with Crippen LogP contribution < -0.4 is 15.3 Å². The Morgan fingerprint density at radius 3 is 1.27 bits per heavy atom. The Hall–Kier alpha value is -1.45. The smallest absolute Gasteiger partial charge is 0.549 e. The quantitative estimate of drug-likeness (QED) is 0.184. The summed E-state index contributed by atoms with van der Waals surface area (Å²) in [5, 5.41) is 41.2. The molecule has 0 rings (SSSR count). The van der Waals surface area contributed by atoms with Crippen molar-refractivity contribution < 1.29 is 84.3 Å². The monoisotopic (exact) mass is 575 g/mol. The van der Waals surface area contributed by atoms with Crippen LogP contribution in [0.1, 0.15) is 0 Å². The van der Waals surface area contributed by atoms with Gasteiger partial charge in [-0.05, 0) is 0 Å². The molecule has 14 heteroatoms. The van der Waals surface area contributed by atoms with Crippen LogP contribution in [0.2, 0.25) is 0 Å². The van der Waals surface area contributed by atoms with Gasteiger partial charge in [-0.15, -0.1) is 0 Å². The van der Waals surface area contributed by atoms with Crippen LogP contribution in [0, 0.1) is 39.9 Å². The third-order valence-corrected chi connectivity index (χ3v) is 3.74. The van der Waals surface area contributed by atoms with Gasteiger partial charge in [-0.3, -0.25) is 24.3 Å². The Morgan fingerprint density at radius 1 is 0.633 bits per heavy atom. The predicted molar refractivity (Wildman–Crippen MR) is 90.7 cm³/mol. The molecular weight excluding hydrogens is 549 g/mol. The molecule has 0 saturated heterocycles. The van der Waals surface area contributed by atoms with E-state index >= 15 is 0 Å². The van der Waals surface area contributed by atoms with Gasteiger partial charge in [-0.1, -0.05) is 0 Å². The number of amides is 1. The largest absolute Gasteiger partial charge is 3.00 e. The molecule has 0 heterocycles. The molecule has 0 bridgehead atoms. The molecule has 0 saturated carbocycles. The third kappa shape index (κ3) is 16.4. The Labute approximate surface area is 205 Å². The average molecular weight is 575 g/mol. The Bertz CT molecular complexity index is 531. The van der Waals surface area contributed by atoms with E-state index in [4.69, 9.17) is 5.11 Å². The second-order valence-electron chi connectivity index (χ2n) is 6.50. The van der Waals surface area contributed by atoms with Crippen molar-refractivity contribution in [3.8, 4) is 0 Å². The van der Waals surface area contributed by atoms with Gasteiger partial charge >= 0.3 is 45.9 Å². The van der Waals surface area contributed by atoms with Gasteiger partial charge in [-0.2, -0.15) is 0 Å². The van der Waals surface area contributed by atoms with Gasteiger partial charge in [0.05, 0.1) is 31.0 Å².